The molecule has 1 radical (unpaired) electrons. The number of likely N-dealkylation sites (tertiary alicyclic amines) is 1. The minimum Gasteiger partial charge on any atom is -0.338 e. The van der Waals surface area contributed by atoms with Crippen LogP contribution in [-0.4, -0.2) is 24.0 Å². The molecule has 0 aliphatic carbocycles. The van der Waals surface area contributed by atoms with Crippen LogP contribution in [0.1, 0.15) is 25.8 Å². The predicted molar refractivity (Wildman–Crippen MR) is 72.9 cm³/mol. The Labute approximate surface area is 109 Å². The summed E-state index contributed by atoms with van der Waals surface area (Å²) >= 11 is 0. The van der Waals surface area contributed by atoms with E-state index in [4.69, 9.17) is 0 Å². The van der Waals surface area contributed by atoms with Crippen molar-refractivity contribution in [3.8, 4) is 0 Å². The first-order valence-electron chi connectivity index (χ1n) is 6.49. The number of nitrogens with zero attached hydrogens (tertiary/aromatic N) is 1. The predicted octanol–water partition coefficient (Wildman–Crippen LogP) is 2.83. The second-order valence-corrected chi connectivity index (χ2v) is 5.65. The van der Waals surface area contributed by atoms with E-state index in [-0.39, 0.29) is 11.4 Å². The number of hydrogen-bond acceptors (Lipinski definition) is 1. The first-order valence-corrected chi connectivity index (χ1v) is 6.49. The molecule has 1 fully saturated rings. The third kappa shape index (κ3) is 3.49. The summed E-state index contributed by atoms with van der Waals surface area (Å²) in [6.45, 7) is 7.86. The zero-order valence-corrected chi connectivity index (χ0v) is 11.1. The van der Waals surface area contributed by atoms with E-state index < -0.39 is 0 Å². The second-order valence-electron chi connectivity index (χ2n) is 5.65. The molecule has 0 atom stereocenters. The smallest absolute Gasteiger partial charge is 0.317 e. The molecule has 2 rings (SSSR count). The van der Waals surface area contributed by atoms with Crippen molar-refractivity contribution < 1.29 is 4.79 Å². The molecule has 0 unspecified atom stereocenters. The van der Waals surface area contributed by atoms with E-state index in [1.807, 2.05) is 24.7 Å². The SMILES string of the molecule is CC1(C)C[CH]N(C(=O)NCCc2ccccc2)C1. The molecule has 1 aliphatic heterocycles. The zero-order chi connectivity index (χ0) is 13.0. The van der Waals surface area contributed by atoms with Gasteiger partial charge in [-0.15, -0.1) is 0 Å². The molecule has 1 aliphatic rings. The highest BCUT2D eigenvalue weighted by atomic mass is 16.2. The summed E-state index contributed by atoms with van der Waals surface area (Å²) in [6.07, 6.45) is 1.85. The maximum atomic E-state index is 11.9. The van der Waals surface area contributed by atoms with Gasteiger partial charge >= 0.3 is 6.03 Å². The third-order valence-electron chi connectivity index (χ3n) is 3.26. The van der Waals surface area contributed by atoms with Crippen molar-refractivity contribution in [1.82, 2.24) is 10.2 Å². The third-order valence-corrected chi connectivity index (χ3v) is 3.26. The Morgan fingerprint density at radius 2 is 2.06 bits per heavy atom. The van der Waals surface area contributed by atoms with Gasteiger partial charge in [0.05, 0.1) is 6.54 Å². The highest BCUT2D eigenvalue weighted by Crippen LogP contribution is 2.31. The van der Waals surface area contributed by atoms with E-state index in [9.17, 15) is 4.79 Å². The summed E-state index contributed by atoms with van der Waals surface area (Å²) < 4.78 is 0. The Morgan fingerprint density at radius 3 is 2.67 bits per heavy atom. The normalized spacial score (nSPS) is 17.8. The van der Waals surface area contributed by atoms with Crippen molar-refractivity contribution in [3.63, 3.8) is 0 Å². The van der Waals surface area contributed by atoms with Crippen LogP contribution in [-0.2, 0) is 6.42 Å². The number of carbonyl (C=O) groups excluding carboxylic acids is 1. The summed E-state index contributed by atoms with van der Waals surface area (Å²) in [5.41, 5.74) is 1.47. The number of hydrogen-bond donors (Lipinski definition) is 1. The highest BCUT2D eigenvalue weighted by Gasteiger charge is 2.32. The minimum absolute atomic E-state index is 0.0245. The molecule has 1 saturated heterocycles. The van der Waals surface area contributed by atoms with E-state index >= 15 is 0 Å². The molecule has 1 heterocycles. The maximum Gasteiger partial charge on any atom is 0.317 e. The molecule has 3 nitrogen and oxygen atoms in total. The van der Waals surface area contributed by atoms with Crippen molar-refractivity contribution in [2.24, 2.45) is 5.41 Å². The lowest BCUT2D eigenvalue weighted by Gasteiger charge is -2.20. The summed E-state index contributed by atoms with van der Waals surface area (Å²) in [5, 5.41) is 2.97. The van der Waals surface area contributed by atoms with Gasteiger partial charge in [-0.1, -0.05) is 44.2 Å². The van der Waals surface area contributed by atoms with E-state index in [0.717, 1.165) is 19.4 Å². The van der Waals surface area contributed by atoms with Crippen LogP contribution >= 0.6 is 0 Å². The number of benzene rings is 1. The van der Waals surface area contributed by atoms with E-state index in [1.54, 1.807) is 4.90 Å². The Morgan fingerprint density at radius 1 is 1.33 bits per heavy atom. The van der Waals surface area contributed by atoms with Crippen molar-refractivity contribution >= 4 is 6.03 Å². The van der Waals surface area contributed by atoms with Gasteiger partial charge in [-0.25, -0.2) is 4.79 Å². The van der Waals surface area contributed by atoms with Crippen LogP contribution in [0.25, 0.3) is 0 Å². The van der Waals surface area contributed by atoms with Crippen LogP contribution in [0.4, 0.5) is 4.79 Å². The standard InChI is InChI=1S/C15H21N2O/c1-15(2)9-11-17(12-15)14(18)16-10-8-13-6-4-3-5-7-13/h3-7,11H,8-10,12H2,1-2H3,(H,16,18). The second kappa shape index (κ2) is 5.42. The molecule has 1 N–H and O–H groups in total. The lowest BCUT2D eigenvalue weighted by Crippen LogP contribution is -2.38. The molecule has 3 heteroatoms. The number of carbonyl (C=O) groups is 1. The number of nitrogens with one attached hydrogen (secondary N) is 1. The van der Waals surface area contributed by atoms with Crippen LogP contribution in [0.2, 0.25) is 0 Å². The number of amides is 2. The Hall–Kier alpha value is -1.51. The highest BCUT2D eigenvalue weighted by molar-refractivity contribution is 5.75. The molecule has 18 heavy (non-hydrogen) atoms. The van der Waals surface area contributed by atoms with Gasteiger partial charge in [0, 0.05) is 13.1 Å². The van der Waals surface area contributed by atoms with Gasteiger partial charge < -0.3 is 10.2 Å². The number of rotatable bonds is 3. The van der Waals surface area contributed by atoms with E-state index in [2.05, 4.69) is 31.3 Å². The fourth-order valence-electron chi connectivity index (χ4n) is 2.16. The van der Waals surface area contributed by atoms with Crippen LogP contribution in [0, 0.1) is 12.0 Å². The summed E-state index contributed by atoms with van der Waals surface area (Å²) in [7, 11) is 0. The molecule has 0 aromatic heterocycles. The quantitative estimate of drug-likeness (QED) is 0.872. The van der Waals surface area contributed by atoms with Crippen LogP contribution < -0.4 is 5.32 Å². The average Bonchev–Trinajstić information content (AvgIpc) is 2.71. The van der Waals surface area contributed by atoms with Gasteiger partial charge in [0.1, 0.15) is 0 Å². The summed E-state index contributed by atoms with van der Waals surface area (Å²) in [5.74, 6) is 0. The molecule has 0 spiro atoms. The molecule has 2 amide bonds. The molecule has 97 valence electrons. The molecule has 1 aromatic rings. The molecular weight excluding hydrogens is 224 g/mol. The van der Waals surface area contributed by atoms with Crippen molar-refractivity contribution in [1.29, 1.82) is 0 Å². The van der Waals surface area contributed by atoms with Gasteiger partial charge in [0.2, 0.25) is 0 Å². The summed E-state index contributed by atoms with van der Waals surface area (Å²) in [6, 6.07) is 10.2. The first-order chi connectivity index (χ1) is 8.57. The Bertz CT molecular complexity index is 400. The van der Waals surface area contributed by atoms with Gasteiger partial charge in [-0.3, -0.25) is 0 Å². The fourth-order valence-corrected chi connectivity index (χ4v) is 2.16. The largest absolute Gasteiger partial charge is 0.338 e. The van der Waals surface area contributed by atoms with Crippen molar-refractivity contribution in [3.05, 3.63) is 42.4 Å². The first kappa shape index (κ1) is 12.9. The van der Waals surface area contributed by atoms with Crippen LogP contribution in [0.3, 0.4) is 0 Å². The Kier molecular flexibility index (Phi) is 3.90. The lowest BCUT2D eigenvalue weighted by molar-refractivity contribution is 0.209. The van der Waals surface area contributed by atoms with Crippen LogP contribution in [0.5, 0.6) is 0 Å². The molecule has 0 bridgehead atoms. The van der Waals surface area contributed by atoms with Crippen molar-refractivity contribution in [2.45, 2.75) is 26.7 Å². The van der Waals surface area contributed by atoms with Gasteiger partial charge in [0.15, 0.2) is 0 Å². The molecule has 1 aromatic carbocycles. The van der Waals surface area contributed by atoms with Crippen molar-refractivity contribution in [2.75, 3.05) is 13.1 Å². The van der Waals surface area contributed by atoms with Crippen LogP contribution in [0.15, 0.2) is 30.3 Å². The van der Waals surface area contributed by atoms with E-state index in [0.29, 0.717) is 6.54 Å². The summed E-state index contributed by atoms with van der Waals surface area (Å²) in [4.78, 5) is 13.7. The topological polar surface area (TPSA) is 32.3 Å². The molecular formula is C15H21N2O. The minimum atomic E-state index is 0.0245. The fraction of sp³-hybridized carbons (Fsp3) is 0.467. The van der Waals surface area contributed by atoms with Gasteiger partial charge in [-0.2, -0.15) is 0 Å². The Balaban J connectivity index is 1.73. The maximum absolute atomic E-state index is 11.9. The molecule has 0 saturated carbocycles. The van der Waals surface area contributed by atoms with E-state index in [1.165, 1.54) is 5.56 Å². The van der Waals surface area contributed by atoms with Gasteiger partial charge in [-0.05, 0) is 23.8 Å². The lowest BCUT2D eigenvalue weighted by atomic mass is 9.93. The monoisotopic (exact) mass is 245 g/mol. The van der Waals surface area contributed by atoms with Gasteiger partial charge in [0.25, 0.3) is 0 Å². The number of urea groups is 1. The average molecular weight is 245 g/mol. The zero-order valence-electron chi connectivity index (χ0n) is 11.1.